The fourth-order valence-corrected chi connectivity index (χ4v) is 12.0. The summed E-state index contributed by atoms with van der Waals surface area (Å²) in [6, 6.07) is 33.4. The Morgan fingerprint density at radius 2 is 1.24 bits per heavy atom. The molecule has 71 heavy (non-hydrogen) atoms. The van der Waals surface area contributed by atoms with Crippen molar-refractivity contribution in [2.24, 2.45) is 0 Å². The van der Waals surface area contributed by atoms with Gasteiger partial charge in [0.25, 0.3) is 0 Å². The maximum Gasteiger partial charge on any atom is 0.410 e. The Morgan fingerprint density at radius 3 is 1.87 bits per heavy atom. The highest BCUT2D eigenvalue weighted by Gasteiger charge is 2.45. The van der Waals surface area contributed by atoms with Crippen LogP contribution < -0.4 is 19.6 Å². The van der Waals surface area contributed by atoms with Gasteiger partial charge in [-0.25, -0.2) is 17.5 Å². The smallest absolute Gasteiger partial charge is 0.410 e. The van der Waals surface area contributed by atoms with E-state index in [1.165, 1.54) is 73.3 Å². The van der Waals surface area contributed by atoms with Gasteiger partial charge in [0.15, 0.2) is 0 Å². The SMILES string of the molecule is CN1CCc2c(Cl)cccc21.CN1CCc2cc(S(=O)(=O)N(C)C)ccc21.CN1Cc2ccccc2C1.Cc1ccc2c(c1)C1(CCN(C(=O)OC(C)(C)C)CC1)CN2C.Cc1cccc2c1N(C)CC2. The highest BCUT2D eigenvalue weighted by atomic mass is 35.5. The van der Waals surface area contributed by atoms with Crippen molar-refractivity contribution in [1.29, 1.82) is 0 Å². The van der Waals surface area contributed by atoms with Crippen LogP contribution in [0, 0.1) is 13.8 Å². The molecule has 1 spiro atoms. The number of nitrogens with zero attached hydrogens (tertiary/aromatic N) is 7. The number of amides is 1. The second-order valence-electron chi connectivity index (χ2n) is 21.5. The first-order valence-electron chi connectivity index (χ1n) is 25.2. The monoisotopic (exact) mass is 1000 g/mol. The molecule has 5 aromatic carbocycles. The lowest BCUT2D eigenvalue weighted by atomic mass is 9.74. The van der Waals surface area contributed by atoms with Crippen LogP contribution in [-0.4, -0.2) is 123 Å². The summed E-state index contributed by atoms with van der Waals surface area (Å²) in [5, 5.41) is 0.909. The van der Waals surface area contributed by atoms with Crippen molar-refractivity contribution in [1.82, 2.24) is 14.1 Å². The molecule has 0 N–H and O–H groups in total. The number of sulfonamides is 1. The molecule has 0 aromatic heterocycles. The maximum absolute atomic E-state index is 12.3. The molecule has 1 amide bonds. The van der Waals surface area contributed by atoms with Gasteiger partial charge in [0.2, 0.25) is 10.0 Å². The fourth-order valence-electron chi connectivity index (χ4n) is 10.7. The predicted octanol–water partition coefficient (Wildman–Crippen LogP) is 10.6. The largest absolute Gasteiger partial charge is 0.444 e. The van der Waals surface area contributed by atoms with E-state index in [9.17, 15) is 13.2 Å². The number of aryl methyl sites for hydroxylation is 2. The Bertz CT molecular complexity index is 2760. The number of benzene rings is 5. The number of piperidine rings is 1. The minimum atomic E-state index is -3.30. The van der Waals surface area contributed by atoms with Crippen molar-refractivity contribution < 1.29 is 17.9 Å². The predicted molar refractivity (Wildman–Crippen MR) is 296 cm³/mol. The third-order valence-electron chi connectivity index (χ3n) is 14.6. The second-order valence-corrected chi connectivity index (χ2v) is 24.0. The lowest BCUT2D eigenvalue weighted by molar-refractivity contribution is 0.0170. The number of likely N-dealkylation sites (N-methyl/N-ethyl adjacent to an activating group) is 4. The van der Waals surface area contributed by atoms with Crippen LogP contribution >= 0.6 is 11.6 Å². The molecule has 1 fully saturated rings. The number of halogens is 1. The molecule has 13 heteroatoms. The average Bonchev–Trinajstić information content (AvgIpc) is 4.15. The first-order valence-corrected chi connectivity index (χ1v) is 27.0. The topological polar surface area (TPSA) is 83.1 Å². The van der Waals surface area contributed by atoms with E-state index in [1.54, 1.807) is 26.2 Å². The Balaban J connectivity index is 0.000000136. The summed E-state index contributed by atoms with van der Waals surface area (Å²) in [6.07, 6.45) is 5.06. The maximum atomic E-state index is 12.3. The highest BCUT2D eigenvalue weighted by Crippen LogP contribution is 2.47. The van der Waals surface area contributed by atoms with E-state index in [1.807, 2.05) is 50.9 Å². The fraction of sp³-hybridized carbons (Fsp3) is 0.466. The first kappa shape index (κ1) is 53.5. The van der Waals surface area contributed by atoms with Crippen LogP contribution in [-0.2, 0) is 52.5 Å². The van der Waals surface area contributed by atoms with Gasteiger partial charge < -0.3 is 29.2 Å². The normalized spacial score (nSPS) is 17.1. The average molecular weight is 1000 g/mol. The number of carbonyl (C=O) groups is 1. The van der Waals surface area contributed by atoms with Crippen LogP contribution in [0.15, 0.2) is 102 Å². The van der Waals surface area contributed by atoms with Gasteiger partial charge in [-0.15, -0.1) is 0 Å². The van der Waals surface area contributed by atoms with Crippen molar-refractivity contribution >= 4 is 50.5 Å². The van der Waals surface area contributed by atoms with E-state index in [0.29, 0.717) is 4.90 Å². The van der Waals surface area contributed by atoms with Crippen LogP contribution in [0.25, 0.3) is 0 Å². The quantitative estimate of drug-likeness (QED) is 0.172. The van der Waals surface area contributed by atoms with E-state index >= 15 is 0 Å². The van der Waals surface area contributed by atoms with E-state index < -0.39 is 15.6 Å². The molecule has 6 heterocycles. The van der Waals surface area contributed by atoms with Gasteiger partial charge in [-0.2, -0.15) is 0 Å². The van der Waals surface area contributed by atoms with Gasteiger partial charge in [-0.3, -0.25) is 4.90 Å². The van der Waals surface area contributed by atoms with Crippen molar-refractivity contribution in [2.75, 3.05) is 108 Å². The Labute approximate surface area is 431 Å². The number of fused-ring (bicyclic) bond motifs is 6. The second kappa shape index (κ2) is 22.2. The van der Waals surface area contributed by atoms with Crippen molar-refractivity contribution in [3.05, 3.63) is 147 Å². The lowest BCUT2D eigenvalue weighted by Crippen LogP contribution is -2.48. The number of hydrogen-bond donors (Lipinski definition) is 0. The summed E-state index contributed by atoms with van der Waals surface area (Å²) in [5.41, 5.74) is 16.1. The Kier molecular flexibility index (Phi) is 16.8. The molecular formula is C58H78ClN7O4S. The van der Waals surface area contributed by atoms with Crippen LogP contribution in [0.4, 0.5) is 27.5 Å². The molecule has 6 aliphatic rings. The molecule has 0 atom stereocenters. The number of rotatable bonds is 2. The van der Waals surface area contributed by atoms with Crippen LogP contribution in [0.5, 0.6) is 0 Å². The molecule has 382 valence electrons. The van der Waals surface area contributed by atoms with Crippen molar-refractivity contribution in [2.45, 2.75) is 95.7 Å². The molecule has 11 rings (SSSR count). The molecule has 11 nitrogen and oxygen atoms in total. The van der Waals surface area contributed by atoms with Crippen LogP contribution in [0.3, 0.4) is 0 Å². The molecule has 0 saturated carbocycles. The summed E-state index contributed by atoms with van der Waals surface area (Å²) in [7, 11) is 10.4. The van der Waals surface area contributed by atoms with Gasteiger partial charge in [-0.1, -0.05) is 77.8 Å². The number of hydrogen-bond acceptors (Lipinski definition) is 9. The molecular weight excluding hydrogens is 926 g/mol. The van der Waals surface area contributed by atoms with E-state index in [-0.39, 0.29) is 11.5 Å². The van der Waals surface area contributed by atoms with E-state index in [2.05, 4.69) is 133 Å². The number of carbonyl (C=O) groups excluding carboxylic acids is 1. The van der Waals surface area contributed by atoms with Gasteiger partial charge >= 0.3 is 6.09 Å². The Morgan fingerprint density at radius 1 is 0.648 bits per heavy atom. The third kappa shape index (κ3) is 12.5. The van der Waals surface area contributed by atoms with Gasteiger partial charge in [-0.05, 0) is 149 Å². The minimum Gasteiger partial charge on any atom is -0.444 e. The first-order chi connectivity index (χ1) is 33.6. The zero-order chi connectivity index (χ0) is 51.4. The van der Waals surface area contributed by atoms with Crippen molar-refractivity contribution in [3.63, 3.8) is 0 Å². The minimum absolute atomic E-state index is 0.178. The number of anilines is 4. The molecule has 0 aliphatic carbocycles. The van der Waals surface area contributed by atoms with Gasteiger partial charge in [0.05, 0.1) is 4.90 Å². The summed E-state index contributed by atoms with van der Waals surface area (Å²) >= 11 is 6.01. The molecule has 0 radical (unpaired) electrons. The molecule has 0 unspecified atom stereocenters. The van der Waals surface area contributed by atoms with E-state index in [0.717, 1.165) is 87.8 Å². The summed E-state index contributed by atoms with van der Waals surface area (Å²) < 4.78 is 30.6. The standard InChI is InChI=1S/C19H28N2O2.C11H16N2O2S.C10H13N.C9H10ClN.C9H11N/c1-14-6-7-16-15(12-14)19(13-20(16)5)8-10-21(11-9-19)17(22)23-18(2,3)4;1-12(2)16(14,15)10-4-5-11-9(8-10)6-7-13(11)3;1-8-4-3-5-9-6-7-11(2)10(8)9;1-11-6-5-7-8(10)3-2-4-9(7)11;1-10-6-8-4-2-3-5-9(8)7-10/h6-7,12H,8-11,13H2,1-5H3;4-5,8H,6-7H2,1-3H3;3-5H,6-7H2,1-2H3;2-4H,5-6H2,1H3;2-5H,6-7H2,1H3. The van der Waals surface area contributed by atoms with E-state index in [4.69, 9.17) is 16.3 Å². The van der Waals surface area contributed by atoms with Crippen LogP contribution in [0.1, 0.15) is 78.1 Å². The van der Waals surface area contributed by atoms with Gasteiger partial charge in [0.1, 0.15) is 5.60 Å². The van der Waals surface area contributed by atoms with Crippen LogP contribution in [0.2, 0.25) is 5.02 Å². The molecule has 0 bridgehead atoms. The highest BCUT2D eigenvalue weighted by molar-refractivity contribution is 7.89. The number of para-hydroxylation sites is 1. The van der Waals surface area contributed by atoms with Gasteiger partial charge in [0, 0.05) is 128 Å². The number of ether oxygens (including phenoxy) is 1. The number of likely N-dealkylation sites (tertiary alicyclic amines) is 1. The summed E-state index contributed by atoms with van der Waals surface area (Å²) in [5.74, 6) is 0. The zero-order valence-electron chi connectivity index (χ0n) is 44.5. The van der Waals surface area contributed by atoms with Crippen molar-refractivity contribution in [3.8, 4) is 0 Å². The summed E-state index contributed by atoms with van der Waals surface area (Å²) in [6.45, 7) is 18.2. The lowest BCUT2D eigenvalue weighted by Gasteiger charge is -2.40. The molecule has 1 saturated heterocycles. The summed E-state index contributed by atoms with van der Waals surface area (Å²) in [4.78, 5) is 25.9. The third-order valence-corrected chi connectivity index (χ3v) is 16.8. The molecule has 6 aliphatic heterocycles. The Hall–Kier alpha value is -5.27. The molecule has 5 aromatic rings. The zero-order valence-corrected chi connectivity index (χ0v) is 46.1.